The third kappa shape index (κ3) is 6.18. The summed E-state index contributed by atoms with van der Waals surface area (Å²) in [4.78, 5) is 15.6. The predicted molar refractivity (Wildman–Crippen MR) is 92.2 cm³/mol. The Kier molecular flexibility index (Phi) is 6.41. The molecule has 0 bridgehead atoms. The van der Waals surface area contributed by atoms with Gasteiger partial charge in [-0.15, -0.1) is 0 Å². The van der Waals surface area contributed by atoms with Crippen molar-refractivity contribution < 1.29 is 4.79 Å². The van der Waals surface area contributed by atoms with Crippen molar-refractivity contribution in [1.82, 2.24) is 9.80 Å². The molecule has 0 aromatic rings. The summed E-state index contributed by atoms with van der Waals surface area (Å²) in [6, 6.07) is 0. The number of hydrogen-bond donors (Lipinski definition) is 1. The van der Waals surface area contributed by atoms with Gasteiger partial charge in [0.2, 0.25) is 0 Å². The summed E-state index contributed by atoms with van der Waals surface area (Å²) in [7, 11) is 0. The smallest absolute Gasteiger partial charge is 0.283 e. The minimum Gasteiger partial charge on any atom is -0.332 e. The lowest BCUT2D eigenvalue weighted by Crippen LogP contribution is -2.55. The Morgan fingerprint density at radius 2 is 1.79 bits per heavy atom. The first-order chi connectivity index (χ1) is 8.65. The van der Waals surface area contributed by atoms with E-state index >= 15 is 0 Å². The second-order valence-corrected chi connectivity index (χ2v) is 8.75. The highest BCUT2D eigenvalue weighted by Gasteiger charge is 2.31. The Morgan fingerprint density at radius 3 is 2.21 bits per heavy atom. The fraction of sp³-hybridized carbons (Fsp3) is 0.923. The largest absolute Gasteiger partial charge is 0.332 e. The van der Waals surface area contributed by atoms with Crippen molar-refractivity contribution in [2.24, 2.45) is 5.73 Å². The molecule has 0 aromatic heterocycles. The zero-order chi connectivity index (χ0) is 14.7. The van der Waals surface area contributed by atoms with Crippen LogP contribution in [0.3, 0.4) is 0 Å². The van der Waals surface area contributed by atoms with E-state index in [1.54, 1.807) is 0 Å². The first-order valence-electron chi connectivity index (χ1n) is 6.66. The number of halogens is 1. The van der Waals surface area contributed by atoms with Crippen molar-refractivity contribution in [2.45, 2.75) is 37.5 Å². The fourth-order valence-electron chi connectivity index (χ4n) is 2.69. The molecule has 0 aromatic carbocycles. The number of nitrogens with zero attached hydrogens (tertiary/aromatic N) is 2. The van der Waals surface area contributed by atoms with Gasteiger partial charge in [-0.2, -0.15) is 11.8 Å². The summed E-state index contributed by atoms with van der Waals surface area (Å²) in [6.45, 7) is 11.0. The summed E-state index contributed by atoms with van der Waals surface area (Å²) in [6.07, 6.45) is 3.13. The Morgan fingerprint density at radius 1 is 1.26 bits per heavy atom. The van der Waals surface area contributed by atoms with Crippen molar-refractivity contribution in [3.63, 3.8) is 0 Å². The van der Waals surface area contributed by atoms with E-state index in [0.717, 1.165) is 39.1 Å². The summed E-state index contributed by atoms with van der Waals surface area (Å²) in [5.74, 6) is 0. The first kappa shape index (κ1) is 17.5. The van der Waals surface area contributed by atoms with E-state index in [1.807, 2.05) is 39.3 Å². The molecule has 19 heavy (non-hydrogen) atoms. The van der Waals surface area contributed by atoms with Crippen LogP contribution in [0.4, 0.5) is 4.79 Å². The highest BCUT2D eigenvalue weighted by atomic mass is 127. The maximum Gasteiger partial charge on any atom is 0.283 e. The SMILES string of the molecule is CSC(C)(C)CC(C)(N)CN1CCN(C(=O)I)CC1. The van der Waals surface area contributed by atoms with Gasteiger partial charge in [-0.1, -0.05) is 13.8 Å². The number of amides is 1. The monoisotopic (exact) mass is 399 g/mol. The molecule has 6 heteroatoms. The van der Waals surface area contributed by atoms with Gasteiger partial charge in [-0.3, -0.25) is 9.69 Å². The van der Waals surface area contributed by atoms with Crippen LogP contribution in [0, 0.1) is 0 Å². The van der Waals surface area contributed by atoms with Gasteiger partial charge in [-0.05, 0) is 19.6 Å². The van der Waals surface area contributed by atoms with Gasteiger partial charge in [0, 0.05) is 65.6 Å². The second kappa shape index (κ2) is 6.95. The van der Waals surface area contributed by atoms with Crippen molar-refractivity contribution in [2.75, 3.05) is 39.0 Å². The highest BCUT2D eigenvalue weighted by Crippen LogP contribution is 2.30. The minimum absolute atomic E-state index is 0.149. The van der Waals surface area contributed by atoms with Gasteiger partial charge in [0.15, 0.2) is 0 Å². The molecule has 1 aliphatic rings. The quantitative estimate of drug-likeness (QED) is 0.438. The molecular formula is C13H26IN3OS. The number of rotatable bonds is 5. The molecule has 0 aliphatic carbocycles. The van der Waals surface area contributed by atoms with Gasteiger partial charge < -0.3 is 10.6 Å². The normalized spacial score (nSPS) is 21.3. The van der Waals surface area contributed by atoms with Crippen LogP contribution in [0.5, 0.6) is 0 Å². The molecule has 0 radical (unpaired) electrons. The molecule has 1 heterocycles. The van der Waals surface area contributed by atoms with Gasteiger partial charge in [0.25, 0.3) is 3.91 Å². The molecule has 1 fully saturated rings. The van der Waals surface area contributed by atoms with Gasteiger partial charge >= 0.3 is 0 Å². The first-order valence-corrected chi connectivity index (χ1v) is 8.96. The molecular weight excluding hydrogens is 373 g/mol. The molecule has 1 atom stereocenters. The van der Waals surface area contributed by atoms with Crippen LogP contribution >= 0.6 is 34.4 Å². The molecule has 112 valence electrons. The van der Waals surface area contributed by atoms with E-state index < -0.39 is 0 Å². The molecule has 1 aliphatic heterocycles. The van der Waals surface area contributed by atoms with Crippen molar-refractivity contribution in [1.29, 1.82) is 0 Å². The number of carbonyl (C=O) groups is 1. The van der Waals surface area contributed by atoms with Crippen LogP contribution in [0.2, 0.25) is 0 Å². The summed E-state index contributed by atoms with van der Waals surface area (Å²) in [5, 5.41) is 0. The zero-order valence-electron chi connectivity index (χ0n) is 12.4. The average Bonchev–Trinajstić information content (AvgIpc) is 2.27. The van der Waals surface area contributed by atoms with Crippen molar-refractivity contribution in [3.05, 3.63) is 0 Å². The number of piperazine rings is 1. The molecule has 0 spiro atoms. The maximum absolute atomic E-state index is 11.3. The second-order valence-electron chi connectivity index (χ2n) is 6.31. The molecule has 1 amide bonds. The lowest BCUT2D eigenvalue weighted by molar-refractivity contribution is 0.131. The molecule has 1 unspecified atom stereocenters. The van der Waals surface area contributed by atoms with Crippen LogP contribution in [-0.4, -0.2) is 63.0 Å². The lowest BCUT2D eigenvalue weighted by Gasteiger charge is -2.40. The van der Waals surface area contributed by atoms with Crippen LogP contribution in [0.1, 0.15) is 27.2 Å². The molecule has 0 saturated carbocycles. The van der Waals surface area contributed by atoms with Gasteiger partial charge in [0.1, 0.15) is 0 Å². The number of nitrogens with two attached hydrogens (primary N) is 1. The summed E-state index contributed by atoms with van der Waals surface area (Å²) < 4.78 is 0.361. The number of carbonyl (C=O) groups excluding carboxylic acids is 1. The van der Waals surface area contributed by atoms with Crippen molar-refractivity contribution in [3.8, 4) is 0 Å². The molecule has 2 N–H and O–H groups in total. The van der Waals surface area contributed by atoms with Crippen LogP contribution in [-0.2, 0) is 0 Å². The van der Waals surface area contributed by atoms with E-state index in [0.29, 0.717) is 0 Å². The van der Waals surface area contributed by atoms with Crippen LogP contribution in [0.15, 0.2) is 0 Å². The Labute approximate surface area is 135 Å². The van der Waals surface area contributed by atoms with E-state index in [-0.39, 0.29) is 14.2 Å². The highest BCUT2D eigenvalue weighted by molar-refractivity contribution is 14.1. The summed E-state index contributed by atoms with van der Waals surface area (Å²) >= 11 is 3.73. The predicted octanol–water partition coefficient (Wildman–Crippen LogP) is 2.41. The van der Waals surface area contributed by atoms with Crippen LogP contribution < -0.4 is 5.73 Å². The van der Waals surface area contributed by atoms with Crippen LogP contribution in [0.25, 0.3) is 0 Å². The molecule has 4 nitrogen and oxygen atoms in total. The van der Waals surface area contributed by atoms with E-state index in [2.05, 4.69) is 31.9 Å². The number of thioether (sulfide) groups is 1. The fourth-order valence-corrected chi connectivity index (χ4v) is 3.65. The van der Waals surface area contributed by atoms with E-state index in [1.165, 1.54) is 0 Å². The maximum atomic E-state index is 11.3. The zero-order valence-corrected chi connectivity index (χ0v) is 15.4. The lowest BCUT2D eigenvalue weighted by atomic mass is 9.90. The standard InChI is InChI=1S/C13H26IN3OS/c1-12(2,19-4)9-13(3,15)10-16-5-7-17(8-6-16)11(14)18/h5-10,15H2,1-4H3. The van der Waals surface area contributed by atoms with Gasteiger partial charge in [0.05, 0.1) is 0 Å². The van der Waals surface area contributed by atoms with Crippen molar-refractivity contribution >= 4 is 38.3 Å². The Balaban J connectivity index is 2.45. The summed E-state index contributed by atoms with van der Waals surface area (Å²) in [5.41, 5.74) is 6.29. The number of hydrogen-bond acceptors (Lipinski definition) is 4. The average molecular weight is 399 g/mol. The minimum atomic E-state index is -0.178. The molecule has 1 rings (SSSR count). The van der Waals surface area contributed by atoms with E-state index in [4.69, 9.17) is 5.73 Å². The molecule has 1 saturated heterocycles. The topological polar surface area (TPSA) is 49.6 Å². The Bertz CT molecular complexity index is 315. The Hall–Kier alpha value is 0.470. The van der Waals surface area contributed by atoms with E-state index in [9.17, 15) is 4.79 Å². The van der Waals surface area contributed by atoms with Gasteiger partial charge in [-0.25, -0.2) is 0 Å². The third-order valence-corrected chi connectivity index (χ3v) is 5.52. The third-order valence-electron chi connectivity index (χ3n) is 3.59.